The van der Waals surface area contributed by atoms with Crippen molar-refractivity contribution in [3.63, 3.8) is 0 Å². The molecule has 0 heterocycles. The highest BCUT2D eigenvalue weighted by Gasteiger charge is 2.09. The molecule has 5 nitrogen and oxygen atoms in total. The Morgan fingerprint density at radius 2 is 2.33 bits per heavy atom. The maximum atomic E-state index is 11.6. The van der Waals surface area contributed by atoms with Gasteiger partial charge in [0.05, 0.1) is 25.8 Å². The number of nitrogens with one attached hydrogen (secondary N) is 2. The van der Waals surface area contributed by atoms with Gasteiger partial charge in [-0.3, -0.25) is 4.79 Å². The molecule has 0 saturated heterocycles. The maximum Gasteiger partial charge on any atom is 0.238 e. The molecule has 0 radical (unpaired) electrons. The highest BCUT2D eigenvalue weighted by atomic mass is 79.9. The van der Waals surface area contributed by atoms with Crippen molar-refractivity contribution in [3.05, 3.63) is 28.7 Å². The Balaban J connectivity index is 2.37. The maximum absolute atomic E-state index is 11.6. The third kappa shape index (κ3) is 5.59. The van der Waals surface area contributed by atoms with Gasteiger partial charge in [-0.05, 0) is 18.2 Å². The van der Waals surface area contributed by atoms with Gasteiger partial charge in [0.25, 0.3) is 0 Å². The van der Waals surface area contributed by atoms with Gasteiger partial charge in [-0.1, -0.05) is 22.0 Å². The molecule has 100 valence electrons. The summed E-state index contributed by atoms with van der Waals surface area (Å²) in [5.41, 5.74) is 0.725. The Labute approximate surface area is 115 Å². The van der Waals surface area contributed by atoms with Crippen molar-refractivity contribution in [2.75, 3.05) is 32.2 Å². The molecule has 1 unspecified atom stereocenters. The third-order valence-electron chi connectivity index (χ3n) is 2.25. The number of anilines is 1. The van der Waals surface area contributed by atoms with E-state index in [1.807, 2.05) is 18.2 Å². The zero-order chi connectivity index (χ0) is 13.4. The fourth-order valence-electron chi connectivity index (χ4n) is 1.39. The van der Waals surface area contributed by atoms with Crippen LogP contribution in [0.4, 0.5) is 5.69 Å². The number of halogens is 1. The first kappa shape index (κ1) is 15.1. The quantitative estimate of drug-likeness (QED) is 0.701. The smallest absolute Gasteiger partial charge is 0.238 e. The summed E-state index contributed by atoms with van der Waals surface area (Å²) in [5, 5.41) is 14.7. The average molecular weight is 317 g/mol. The van der Waals surface area contributed by atoms with Crippen molar-refractivity contribution in [1.82, 2.24) is 5.32 Å². The van der Waals surface area contributed by atoms with Crippen molar-refractivity contribution < 1.29 is 14.6 Å². The predicted molar refractivity (Wildman–Crippen MR) is 73.5 cm³/mol. The topological polar surface area (TPSA) is 70.6 Å². The van der Waals surface area contributed by atoms with Gasteiger partial charge in [-0.2, -0.15) is 0 Å². The number of carbonyl (C=O) groups is 1. The number of rotatable bonds is 7. The van der Waals surface area contributed by atoms with Crippen LogP contribution in [-0.4, -0.2) is 43.9 Å². The van der Waals surface area contributed by atoms with Gasteiger partial charge in [-0.25, -0.2) is 0 Å². The monoisotopic (exact) mass is 316 g/mol. The Bertz CT molecular complexity index is 387. The number of ether oxygens (including phenoxy) is 1. The molecule has 0 aliphatic carbocycles. The molecule has 1 amide bonds. The minimum Gasteiger partial charge on any atom is -0.395 e. The van der Waals surface area contributed by atoms with Crippen LogP contribution in [0.3, 0.4) is 0 Å². The van der Waals surface area contributed by atoms with Crippen LogP contribution in [0.15, 0.2) is 28.7 Å². The molecular formula is C12H17BrN2O3. The van der Waals surface area contributed by atoms with Crippen molar-refractivity contribution in [3.8, 4) is 0 Å². The lowest BCUT2D eigenvalue weighted by atomic mass is 10.3. The number of carbonyl (C=O) groups excluding carboxylic acids is 1. The number of aliphatic hydroxyl groups excluding tert-OH is 1. The third-order valence-corrected chi connectivity index (χ3v) is 2.74. The van der Waals surface area contributed by atoms with E-state index in [1.54, 1.807) is 13.2 Å². The van der Waals surface area contributed by atoms with E-state index in [-0.39, 0.29) is 25.1 Å². The summed E-state index contributed by atoms with van der Waals surface area (Å²) in [6.45, 7) is 0.416. The van der Waals surface area contributed by atoms with E-state index in [2.05, 4.69) is 26.6 Å². The minimum absolute atomic E-state index is 0.0714. The fourth-order valence-corrected chi connectivity index (χ4v) is 1.79. The Kier molecular flexibility index (Phi) is 6.89. The van der Waals surface area contributed by atoms with Gasteiger partial charge in [-0.15, -0.1) is 0 Å². The molecule has 0 spiro atoms. The lowest BCUT2D eigenvalue weighted by Crippen LogP contribution is -2.41. The van der Waals surface area contributed by atoms with Crippen LogP contribution in [0, 0.1) is 0 Å². The molecule has 1 atom stereocenters. The van der Waals surface area contributed by atoms with Crippen molar-refractivity contribution in [2.24, 2.45) is 0 Å². The van der Waals surface area contributed by atoms with Gasteiger partial charge >= 0.3 is 0 Å². The number of aliphatic hydroxyl groups is 1. The van der Waals surface area contributed by atoms with Gasteiger partial charge in [0.2, 0.25) is 5.91 Å². The van der Waals surface area contributed by atoms with Crippen LogP contribution in [0.2, 0.25) is 0 Å². The fraction of sp³-hybridized carbons (Fsp3) is 0.417. The van der Waals surface area contributed by atoms with E-state index >= 15 is 0 Å². The molecular weight excluding hydrogens is 300 g/mol. The molecule has 0 fully saturated rings. The van der Waals surface area contributed by atoms with Crippen LogP contribution in [-0.2, 0) is 9.53 Å². The summed E-state index contributed by atoms with van der Waals surface area (Å²) in [5.74, 6) is -0.164. The first-order valence-corrected chi connectivity index (χ1v) is 6.33. The zero-order valence-electron chi connectivity index (χ0n) is 10.1. The predicted octanol–water partition coefficient (Wildman–Crippen LogP) is 0.985. The van der Waals surface area contributed by atoms with E-state index < -0.39 is 0 Å². The second-order valence-corrected chi connectivity index (χ2v) is 4.69. The van der Waals surface area contributed by atoms with Crippen molar-refractivity contribution in [2.45, 2.75) is 6.04 Å². The van der Waals surface area contributed by atoms with E-state index in [0.717, 1.165) is 10.2 Å². The number of hydrogen-bond donors (Lipinski definition) is 3. The summed E-state index contributed by atoms with van der Waals surface area (Å²) in [4.78, 5) is 11.6. The normalized spacial score (nSPS) is 12.2. The molecule has 0 saturated carbocycles. The highest BCUT2D eigenvalue weighted by molar-refractivity contribution is 9.10. The molecule has 0 bridgehead atoms. The molecule has 6 heteroatoms. The summed E-state index contributed by atoms with van der Waals surface area (Å²) in [6.07, 6.45) is 0. The van der Waals surface area contributed by atoms with Gasteiger partial charge in [0, 0.05) is 17.3 Å². The second kappa shape index (κ2) is 8.20. The summed E-state index contributed by atoms with van der Waals surface area (Å²) < 4.78 is 5.80. The molecule has 1 rings (SSSR count). The Hall–Kier alpha value is -0.950. The van der Waals surface area contributed by atoms with Gasteiger partial charge in [0.15, 0.2) is 0 Å². The molecule has 0 aromatic heterocycles. The van der Waals surface area contributed by atoms with Gasteiger partial charge < -0.3 is 20.5 Å². The molecule has 1 aromatic rings. The first-order valence-electron chi connectivity index (χ1n) is 5.54. The first-order chi connectivity index (χ1) is 8.65. The second-order valence-electron chi connectivity index (χ2n) is 3.77. The summed E-state index contributed by atoms with van der Waals surface area (Å²) in [6, 6.07) is 7.11. The number of methoxy groups -OCH3 is 1. The number of hydrogen-bond acceptors (Lipinski definition) is 4. The molecule has 0 aliphatic rings. The number of benzene rings is 1. The van der Waals surface area contributed by atoms with E-state index in [4.69, 9.17) is 9.84 Å². The summed E-state index contributed by atoms with van der Waals surface area (Å²) >= 11 is 3.33. The van der Waals surface area contributed by atoms with E-state index in [0.29, 0.717) is 6.61 Å². The lowest BCUT2D eigenvalue weighted by molar-refractivity contribution is -0.115. The van der Waals surface area contributed by atoms with Crippen LogP contribution in [0.25, 0.3) is 0 Å². The molecule has 0 aliphatic heterocycles. The zero-order valence-corrected chi connectivity index (χ0v) is 11.7. The standard InChI is InChI=1S/C12H17BrN2O3/c1-18-8-11(7-16)14-6-12(17)15-10-4-2-3-9(13)5-10/h2-5,11,14,16H,6-8H2,1H3,(H,15,17). The van der Waals surface area contributed by atoms with Crippen LogP contribution in [0.5, 0.6) is 0 Å². The SMILES string of the molecule is COCC(CO)NCC(=O)Nc1cccc(Br)c1. The molecule has 3 N–H and O–H groups in total. The van der Waals surface area contributed by atoms with Gasteiger partial charge in [0.1, 0.15) is 0 Å². The largest absolute Gasteiger partial charge is 0.395 e. The van der Waals surface area contributed by atoms with Crippen molar-refractivity contribution in [1.29, 1.82) is 0 Å². The number of amides is 1. The molecule has 1 aromatic carbocycles. The van der Waals surface area contributed by atoms with Crippen molar-refractivity contribution >= 4 is 27.5 Å². The Morgan fingerprint density at radius 3 is 2.94 bits per heavy atom. The van der Waals surface area contributed by atoms with E-state index in [9.17, 15) is 4.79 Å². The lowest BCUT2D eigenvalue weighted by Gasteiger charge is -2.14. The van der Waals surface area contributed by atoms with Crippen LogP contribution >= 0.6 is 15.9 Å². The van der Waals surface area contributed by atoms with Crippen LogP contribution < -0.4 is 10.6 Å². The highest BCUT2D eigenvalue weighted by Crippen LogP contribution is 2.15. The minimum atomic E-state index is -0.233. The van der Waals surface area contributed by atoms with Crippen LogP contribution in [0.1, 0.15) is 0 Å². The van der Waals surface area contributed by atoms with E-state index in [1.165, 1.54) is 0 Å². The Morgan fingerprint density at radius 1 is 1.56 bits per heavy atom. The summed E-state index contributed by atoms with van der Waals surface area (Å²) in [7, 11) is 1.55. The molecule has 18 heavy (non-hydrogen) atoms. The average Bonchev–Trinajstić information content (AvgIpc) is 2.34.